The quantitative estimate of drug-likeness (QED) is 0.608. The van der Waals surface area contributed by atoms with Gasteiger partial charge in [-0.15, -0.1) is 0 Å². The number of hydrogen-bond donors (Lipinski definition) is 1. The highest BCUT2D eigenvalue weighted by atomic mass is 35.5. The van der Waals surface area contributed by atoms with E-state index in [-0.39, 0.29) is 17.7 Å². The predicted molar refractivity (Wildman–Crippen MR) is 121 cm³/mol. The zero-order valence-corrected chi connectivity index (χ0v) is 17.3. The summed E-state index contributed by atoms with van der Waals surface area (Å²) in [6.07, 6.45) is 1.59. The van der Waals surface area contributed by atoms with Crippen molar-refractivity contribution in [1.82, 2.24) is 4.90 Å². The molecule has 0 bridgehead atoms. The van der Waals surface area contributed by atoms with Gasteiger partial charge in [0, 0.05) is 29.4 Å². The minimum absolute atomic E-state index is 0.0453. The van der Waals surface area contributed by atoms with Crippen LogP contribution in [0.2, 0.25) is 5.02 Å². The average Bonchev–Trinajstić information content (AvgIpc) is 2.80. The Morgan fingerprint density at radius 1 is 0.867 bits per heavy atom. The van der Waals surface area contributed by atoms with Gasteiger partial charge < -0.3 is 10.2 Å². The van der Waals surface area contributed by atoms with E-state index in [1.54, 1.807) is 29.2 Å². The molecule has 4 nitrogen and oxygen atoms in total. The van der Waals surface area contributed by atoms with Crippen molar-refractivity contribution in [2.75, 3.05) is 18.4 Å². The van der Waals surface area contributed by atoms with E-state index in [0.29, 0.717) is 23.7 Å². The van der Waals surface area contributed by atoms with Crippen LogP contribution in [0.15, 0.2) is 78.9 Å². The summed E-state index contributed by atoms with van der Waals surface area (Å²) in [6.45, 7) is 1.09. The fourth-order valence-electron chi connectivity index (χ4n) is 3.77. The summed E-state index contributed by atoms with van der Waals surface area (Å²) in [5, 5.41) is 3.60. The number of rotatable bonds is 4. The van der Waals surface area contributed by atoms with E-state index in [4.69, 9.17) is 11.6 Å². The number of carbonyl (C=O) groups excluding carboxylic acids is 2. The zero-order valence-electron chi connectivity index (χ0n) is 16.6. The molecular formula is C25H23ClN2O2. The number of piperidine rings is 1. The van der Waals surface area contributed by atoms with Crippen LogP contribution in [0.5, 0.6) is 0 Å². The Kier molecular flexibility index (Phi) is 6.15. The first-order chi connectivity index (χ1) is 14.6. The van der Waals surface area contributed by atoms with Crippen molar-refractivity contribution in [2.45, 2.75) is 12.8 Å². The van der Waals surface area contributed by atoms with E-state index < -0.39 is 0 Å². The molecule has 30 heavy (non-hydrogen) atoms. The lowest BCUT2D eigenvalue weighted by atomic mass is 9.96. The van der Waals surface area contributed by atoms with Crippen LogP contribution in [-0.4, -0.2) is 29.8 Å². The standard InChI is InChI=1S/C25H23ClN2O2/c26-22-12-8-20(9-13-22)25(30)28-16-4-7-21(17-28)24(29)27-23-14-10-19(11-15-23)18-5-2-1-3-6-18/h1-3,5-6,8-15,21H,4,7,16-17H2,(H,27,29). The van der Waals surface area contributed by atoms with Crippen molar-refractivity contribution in [2.24, 2.45) is 5.92 Å². The molecule has 1 aliphatic heterocycles. The Labute approximate surface area is 181 Å². The summed E-state index contributed by atoms with van der Waals surface area (Å²) >= 11 is 5.91. The normalized spacial score (nSPS) is 16.2. The Balaban J connectivity index is 1.38. The van der Waals surface area contributed by atoms with Crippen LogP contribution < -0.4 is 5.32 Å². The van der Waals surface area contributed by atoms with Crippen molar-refractivity contribution >= 4 is 29.1 Å². The van der Waals surface area contributed by atoms with Crippen LogP contribution in [0, 0.1) is 5.92 Å². The van der Waals surface area contributed by atoms with Crippen LogP contribution in [0.3, 0.4) is 0 Å². The topological polar surface area (TPSA) is 49.4 Å². The van der Waals surface area contributed by atoms with E-state index in [9.17, 15) is 9.59 Å². The number of anilines is 1. The second-order valence-electron chi connectivity index (χ2n) is 7.53. The van der Waals surface area contributed by atoms with E-state index >= 15 is 0 Å². The highest BCUT2D eigenvalue weighted by molar-refractivity contribution is 6.30. The van der Waals surface area contributed by atoms with Crippen molar-refractivity contribution in [3.63, 3.8) is 0 Å². The number of benzene rings is 3. The third kappa shape index (κ3) is 4.71. The molecule has 0 spiro atoms. The molecule has 1 saturated heterocycles. The van der Waals surface area contributed by atoms with Crippen LogP contribution in [-0.2, 0) is 4.79 Å². The Morgan fingerprint density at radius 2 is 1.53 bits per heavy atom. The number of nitrogens with one attached hydrogen (secondary N) is 1. The van der Waals surface area contributed by atoms with E-state index in [1.165, 1.54) is 0 Å². The number of amides is 2. The molecule has 0 radical (unpaired) electrons. The van der Waals surface area contributed by atoms with Crippen molar-refractivity contribution in [3.05, 3.63) is 89.4 Å². The molecule has 1 atom stereocenters. The summed E-state index contributed by atoms with van der Waals surface area (Å²) in [6, 6.07) is 24.8. The largest absolute Gasteiger partial charge is 0.338 e. The Bertz CT molecular complexity index is 1020. The molecule has 5 heteroatoms. The molecule has 2 amide bonds. The van der Waals surface area contributed by atoms with Gasteiger partial charge >= 0.3 is 0 Å². The van der Waals surface area contributed by atoms with Gasteiger partial charge in [0.1, 0.15) is 0 Å². The maximum atomic E-state index is 12.8. The third-order valence-corrected chi connectivity index (χ3v) is 5.68. The smallest absolute Gasteiger partial charge is 0.253 e. The second kappa shape index (κ2) is 9.14. The van der Waals surface area contributed by atoms with Crippen LogP contribution in [0.4, 0.5) is 5.69 Å². The van der Waals surface area contributed by atoms with Crippen molar-refractivity contribution < 1.29 is 9.59 Å². The molecular weight excluding hydrogens is 396 g/mol. The van der Waals surface area contributed by atoms with Gasteiger partial charge in [-0.25, -0.2) is 0 Å². The van der Waals surface area contributed by atoms with Gasteiger partial charge in [-0.3, -0.25) is 9.59 Å². The summed E-state index contributed by atoms with van der Waals surface area (Å²) < 4.78 is 0. The maximum absolute atomic E-state index is 12.8. The third-order valence-electron chi connectivity index (χ3n) is 5.43. The van der Waals surface area contributed by atoms with E-state index in [1.807, 2.05) is 42.5 Å². The van der Waals surface area contributed by atoms with Crippen molar-refractivity contribution in [1.29, 1.82) is 0 Å². The minimum Gasteiger partial charge on any atom is -0.338 e. The molecule has 1 unspecified atom stereocenters. The molecule has 1 fully saturated rings. The second-order valence-corrected chi connectivity index (χ2v) is 7.97. The molecule has 1 N–H and O–H groups in total. The van der Waals surface area contributed by atoms with Gasteiger partial charge in [0.2, 0.25) is 5.91 Å². The number of likely N-dealkylation sites (tertiary alicyclic amines) is 1. The molecule has 0 aromatic heterocycles. The van der Waals surface area contributed by atoms with Gasteiger partial charge in [0.25, 0.3) is 5.91 Å². The monoisotopic (exact) mass is 418 g/mol. The zero-order chi connectivity index (χ0) is 20.9. The molecule has 152 valence electrons. The average molecular weight is 419 g/mol. The molecule has 4 rings (SSSR count). The Morgan fingerprint density at radius 3 is 2.23 bits per heavy atom. The lowest BCUT2D eigenvalue weighted by Gasteiger charge is -2.32. The molecule has 3 aromatic rings. The first-order valence-electron chi connectivity index (χ1n) is 10.1. The van der Waals surface area contributed by atoms with Gasteiger partial charge in [-0.2, -0.15) is 0 Å². The molecule has 0 saturated carbocycles. The Hall–Kier alpha value is -3.11. The highest BCUT2D eigenvalue weighted by Gasteiger charge is 2.29. The van der Waals surface area contributed by atoms with Crippen LogP contribution in [0.1, 0.15) is 23.2 Å². The SMILES string of the molecule is O=C(Nc1ccc(-c2ccccc2)cc1)C1CCCN(C(=O)c2ccc(Cl)cc2)C1. The predicted octanol–water partition coefficient (Wildman–Crippen LogP) is 5.50. The minimum atomic E-state index is -0.219. The van der Waals surface area contributed by atoms with Gasteiger partial charge in [-0.05, 0) is 60.4 Å². The number of halogens is 1. The lowest BCUT2D eigenvalue weighted by Crippen LogP contribution is -2.43. The van der Waals surface area contributed by atoms with Crippen LogP contribution in [0.25, 0.3) is 11.1 Å². The molecule has 1 heterocycles. The number of hydrogen-bond acceptors (Lipinski definition) is 2. The molecule has 1 aliphatic rings. The maximum Gasteiger partial charge on any atom is 0.253 e. The fourth-order valence-corrected chi connectivity index (χ4v) is 3.90. The van der Waals surface area contributed by atoms with Crippen molar-refractivity contribution in [3.8, 4) is 11.1 Å². The summed E-state index contributed by atoms with van der Waals surface area (Å²) in [5.74, 6) is -0.323. The lowest BCUT2D eigenvalue weighted by molar-refractivity contribution is -0.121. The number of nitrogens with zero attached hydrogens (tertiary/aromatic N) is 1. The van der Waals surface area contributed by atoms with Gasteiger partial charge in [-0.1, -0.05) is 54.1 Å². The highest BCUT2D eigenvalue weighted by Crippen LogP contribution is 2.24. The first kappa shape index (κ1) is 20.2. The summed E-state index contributed by atoms with van der Waals surface area (Å²) in [4.78, 5) is 27.3. The number of carbonyl (C=O) groups is 2. The molecule has 0 aliphatic carbocycles. The summed E-state index contributed by atoms with van der Waals surface area (Å²) in [7, 11) is 0. The molecule has 3 aromatic carbocycles. The van der Waals surface area contributed by atoms with Gasteiger partial charge in [0.15, 0.2) is 0 Å². The van der Waals surface area contributed by atoms with E-state index in [0.717, 1.165) is 29.7 Å². The first-order valence-corrected chi connectivity index (χ1v) is 10.5. The van der Waals surface area contributed by atoms with Crippen LogP contribution >= 0.6 is 11.6 Å². The van der Waals surface area contributed by atoms with E-state index in [2.05, 4.69) is 17.4 Å². The fraction of sp³-hybridized carbons (Fsp3) is 0.200. The van der Waals surface area contributed by atoms with Gasteiger partial charge in [0.05, 0.1) is 5.92 Å². The summed E-state index contributed by atoms with van der Waals surface area (Å²) in [5.41, 5.74) is 3.60.